The van der Waals surface area contributed by atoms with Gasteiger partial charge in [0.15, 0.2) is 0 Å². The summed E-state index contributed by atoms with van der Waals surface area (Å²) in [5.74, 6) is -0.256. The van der Waals surface area contributed by atoms with Gasteiger partial charge in [0.05, 0.1) is 17.9 Å². The van der Waals surface area contributed by atoms with Crippen LogP contribution in [-0.4, -0.2) is 55.3 Å². The minimum Gasteiger partial charge on any atom is -0.391 e. The number of β-amino-alcohol motifs (C(OH)–C–C–N with tert-alkyl or cyclic N) is 1. The molecule has 2 atom stereocenters. The van der Waals surface area contributed by atoms with Crippen molar-refractivity contribution < 1.29 is 18.3 Å². The van der Waals surface area contributed by atoms with E-state index in [9.17, 15) is 18.3 Å². The van der Waals surface area contributed by atoms with E-state index >= 15 is 0 Å². The van der Waals surface area contributed by atoms with E-state index in [2.05, 4.69) is 4.72 Å². The van der Waals surface area contributed by atoms with Crippen molar-refractivity contribution in [1.29, 1.82) is 0 Å². The lowest BCUT2D eigenvalue weighted by molar-refractivity contribution is -0.131. The van der Waals surface area contributed by atoms with Gasteiger partial charge in [-0.3, -0.25) is 4.79 Å². The predicted molar refractivity (Wildman–Crippen MR) is 63.9 cm³/mol. The SMILES string of the molecule is CCCS(=O)(=O)NC(C)C(=O)N1CC[C@@H](O)C1. The maximum Gasteiger partial charge on any atom is 0.240 e. The molecule has 1 unspecified atom stereocenters. The number of carbonyl (C=O) groups excluding carboxylic acids is 1. The number of hydrogen-bond acceptors (Lipinski definition) is 4. The van der Waals surface area contributed by atoms with E-state index in [0.717, 1.165) is 0 Å². The molecule has 0 aromatic rings. The Hall–Kier alpha value is -0.660. The number of nitrogens with one attached hydrogen (secondary N) is 1. The van der Waals surface area contributed by atoms with E-state index in [1.54, 1.807) is 6.92 Å². The van der Waals surface area contributed by atoms with Gasteiger partial charge < -0.3 is 10.0 Å². The first kappa shape index (κ1) is 14.4. The van der Waals surface area contributed by atoms with Crippen molar-refractivity contribution in [2.24, 2.45) is 0 Å². The first-order valence-corrected chi connectivity index (χ1v) is 7.48. The van der Waals surface area contributed by atoms with Crippen molar-refractivity contribution in [2.75, 3.05) is 18.8 Å². The summed E-state index contributed by atoms with van der Waals surface area (Å²) in [6.45, 7) is 4.07. The lowest BCUT2D eigenvalue weighted by atomic mass is 10.3. The number of aliphatic hydroxyl groups excluding tert-OH is 1. The number of aliphatic hydroxyl groups is 1. The molecule has 100 valence electrons. The monoisotopic (exact) mass is 264 g/mol. The molecule has 0 aromatic carbocycles. The summed E-state index contributed by atoms with van der Waals surface area (Å²) < 4.78 is 25.3. The quantitative estimate of drug-likeness (QED) is 0.687. The lowest BCUT2D eigenvalue weighted by Gasteiger charge is -2.21. The van der Waals surface area contributed by atoms with Crippen LogP contribution >= 0.6 is 0 Å². The minimum atomic E-state index is -3.38. The molecule has 1 aliphatic rings. The summed E-state index contributed by atoms with van der Waals surface area (Å²) in [6, 6.07) is -0.767. The zero-order valence-electron chi connectivity index (χ0n) is 10.2. The maximum absolute atomic E-state index is 11.9. The molecule has 1 saturated heterocycles. The largest absolute Gasteiger partial charge is 0.391 e. The number of nitrogens with zero attached hydrogens (tertiary/aromatic N) is 1. The fraction of sp³-hybridized carbons (Fsp3) is 0.900. The maximum atomic E-state index is 11.9. The Kier molecular flexibility index (Phi) is 4.91. The van der Waals surface area contributed by atoms with Crippen LogP contribution < -0.4 is 4.72 Å². The van der Waals surface area contributed by atoms with Crippen LogP contribution in [-0.2, 0) is 14.8 Å². The molecular formula is C10H20N2O4S. The molecule has 0 bridgehead atoms. The zero-order valence-corrected chi connectivity index (χ0v) is 11.0. The summed E-state index contributed by atoms with van der Waals surface area (Å²) >= 11 is 0. The topological polar surface area (TPSA) is 86.7 Å². The lowest BCUT2D eigenvalue weighted by Crippen LogP contribution is -2.46. The fourth-order valence-electron chi connectivity index (χ4n) is 1.86. The summed E-state index contributed by atoms with van der Waals surface area (Å²) in [5.41, 5.74) is 0. The Morgan fingerprint density at radius 1 is 1.59 bits per heavy atom. The van der Waals surface area contributed by atoms with Gasteiger partial charge in [0.1, 0.15) is 0 Å². The molecule has 6 nitrogen and oxygen atoms in total. The van der Waals surface area contributed by atoms with Gasteiger partial charge >= 0.3 is 0 Å². The van der Waals surface area contributed by atoms with E-state index in [1.807, 2.05) is 0 Å². The summed E-state index contributed by atoms with van der Waals surface area (Å²) in [4.78, 5) is 13.4. The summed E-state index contributed by atoms with van der Waals surface area (Å²) in [6.07, 6.45) is 0.581. The average molecular weight is 264 g/mol. The zero-order chi connectivity index (χ0) is 13.1. The third-order valence-electron chi connectivity index (χ3n) is 2.67. The molecule has 2 N–H and O–H groups in total. The summed E-state index contributed by atoms with van der Waals surface area (Å²) in [7, 11) is -3.38. The minimum absolute atomic E-state index is 0.0211. The average Bonchev–Trinajstić information content (AvgIpc) is 2.62. The second-order valence-corrected chi connectivity index (χ2v) is 6.26. The molecular weight excluding hydrogens is 244 g/mol. The van der Waals surface area contributed by atoms with Crippen molar-refractivity contribution in [1.82, 2.24) is 9.62 Å². The van der Waals surface area contributed by atoms with Gasteiger partial charge in [-0.2, -0.15) is 0 Å². The van der Waals surface area contributed by atoms with Crippen LogP contribution in [0.25, 0.3) is 0 Å². The molecule has 0 spiro atoms. The van der Waals surface area contributed by atoms with Crippen LogP contribution in [0.5, 0.6) is 0 Å². The van der Waals surface area contributed by atoms with Crippen LogP contribution in [0, 0.1) is 0 Å². The smallest absolute Gasteiger partial charge is 0.240 e. The normalized spacial score (nSPS) is 22.8. The standard InChI is InChI=1S/C10H20N2O4S/c1-3-6-17(15,16)11-8(2)10(14)12-5-4-9(13)7-12/h8-9,11,13H,3-7H2,1-2H3/t8?,9-/m1/s1. The Bertz CT molecular complexity index is 369. The summed E-state index contributed by atoms with van der Waals surface area (Å²) in [5, 5.41) is 9.31. The van der Waals surface area contributed by atoms with Crippen molar-refractivity contribution in [3.63, 3.8) is 0 Å². The van der Waals surface area contributed by atoms with Crippen molar-refractivity contribution >= 4 is 15.9 Å². The van der Waals surface area contributed by atoms with Crippen LogP contribution in [0.3, 0.4) is 0 Å². The number of likely N-dealkylation sites (tertiary alicyclic amines) is 1. The van der Waals surface area contributed by atoms with Crippen LogP contribution in [0.15, 0.2) is 0 Å². The van der Waals surface area contributed by atoms with E-state index in [1.165, 1.54) is 11.8 Å². The number of carbonyl (C=O) groups is 1. The van der Waals surface area contributed by atoms with Gasteiger partial charge in [0, 0.05) is 13.1 Å². The highest BCUT2D eigenvalue weighted by Crippen LogP contribution is 2.10. The molecule has 0 aromatic heterocycles. The highest BCUT2D eigenvalue weighted by atomic mass is 32.2. The number of amides is 1. The van der Waals surface area contributed by atoms with Gasteiger partial charge in [-0.1, -0.05) is 6.92 Å². The number of hydrogen-bond donors (Lipinski definition) is 2. The highest BCUT2D eigenvalue weighted by Gasteiger charge is 2.29. The molecule has 1 aliphatic heterocycles. The molecule has 0 aliphatic carbocycles. The second-order valence-electron chi connectivity index (χ2n) is 4.39. The molecule has 1 heterocycles. The Morgan fingerprint density at radius 3 is 2.71 bits per heavy atom. The third-order valence-corrected chi connectivity index (χ3v) is 4.33. The van der Waals surface area contributed by atoms with Crippen molar-refractivity contribution in [3.05, 3.63) is 0 Å². The molecule has 17 heavy (non-hydrogen) atoms. The Balaban J connectivity index is 2.53. The van der Waals surface area contributed by atoms with E-state index in [4.69, 9.17) is 0 Å². The molecule has 0 saturated carbocycles. The first-order valence-electron chi connectivity index (χ1n) is 5.82. The highest BCUT2D eigenvalue weighted by molar-refractivity contribution is 7.89. The van der Waals surface area contributed by atoms with E-state index < -0.39 is 22.2 Å². The molecule has 1 fully saturated rings. The fourth-order valence-corrected chi connectivity index (χ4v) is 3.16. The van der Waals surface area contributed by atoms with Crippen molar-refractivity contribution in [3.8, 4) is 0 Å². The Labute approximate surface area is 102 Å². The Morgan fingerprint density at radius 2 is 2.24 bits per heavy atom. The van der Waals surface area contributed by atoms with Gasteiger partial charge in [0.25, 0.3) is 0 Å². The molecule has 7 heteroatoms. The molecule has 1 rings (SSSR count). The first-order chi connectivity index (χ1) is 7.85. The van der Waals surface area contributed by atoms with Crippen LogP contribution in [0.2, 0.25) is 0 Å². The third kappa shape index (κ3) is 4.25. The predicted octanol–water partition coefficient (Wildman–Crippen LogP) is -0.702. The second kappa shape index (κ2) is 5.79. The van der Waals surface area contributed by atoms with Crippen LogP contribution in [0.1, 0.15) is 26.7 Å². The van der Waals surface area contributed by atoms with E-state index in [0.29, 0.717) is 25.9 Å². The van der Waals surface area contributed by atoms with E-state index in [-0.39, 0.29) is 11.7 Å². The van der Waals surface area contributed by atoms with Gasteiger partial charge in [-0.15, -0.1) is 0 Å². The molecule has 0 radical (unpaired) electrons. The van der Waals surface area contributed by atoms with Crippen LogP contribution in [0.4, 0.5) is 0 Å². The van der Waals surface area contributed by atoms with Crippen molar-refractivity contribution in [2.45, 2.75) is 38.8 Å². The molecule has 1 amide bonds. The number of rotatable bonds is 5. The van der Waals surface area contributed by atoms with Gasteiger partial charge in [0.2, 0.25) is 15.9 Å². The number of sulfonamides is 1. The van der Waals surface area contributed by atoms with Gasteiger partial charge in [-0.25, -0.2) is 13.1 Å². The van der Waals surface area contributed by atoms with Gasteiger partial charge in [-0.05, 0) is 19.8 Å².